The molecule has 1 aromatic carbocycles. The lowest BCUT2D eigenvalue weighted by Gasteiger charge is -2.41. The summed E-state index contributed by atoms with van der Waals surface area (Å²) < 4.78 is 5.38. The molecular weight excluding hydrogens is 430 g/mol. The second-order valence-electron chi connectivity index (χ2n) is 9.47. The van der Waals surface area contributed by atoms with Crippen molar-refractivity contribution < 1.29 is 4.74 Å². The monoisotopic (exact) mass is 457 g/mol. The second kappa shape index (κ2) is 8.21. The minimum Gasteiger partial charge on any atom is -0.378 e. The average Bonchev–Trinajstić information content (AvgIpc) is 3.35. The molecule has 0 unspecified atom stereocenters. The predicted octanol–water partition coefficient (Wildman–Crippen LogP) is 5.41. The summed E-state index contributed by atoms with van der Waals surface area (Å²) in [4.78, 5) is 17.1. The van der Waals surface area contributed by atoms with Gasteiger partial charge in [0, 0.05) is 28.6 Å². The van der Waals surface area contributed by atoms with Crippen LogP contribution in [-0.4, -0.2) is 52.2 Å². The van der Waals surface area contributed by atoms with Crippen molar-refractivity contribution in [3.05, 3.63) is 46.6 Å². The fraction of sp³-hybridized carbons (Fsp3) is 0.423. The summed E-state index contributed by atoms with van der Waals surface area (Å²) >= 11 is 1.82. The first-order valence-electron chi connectivity index (χ1n) is 11.8. The van der Waals surface area contributed by atoms with Crippen LogP contribution in [0.2, 0.25) is 0 Å². The first-order chi connectivity index (χ1) is 16.1. The summed E-state index contributed by atoms with van der Waals surface area (Å²) in [6.07, 6.45) is 4.09. The number of aromatic nitrogens is 3. The van der Waals surface area contributed by atoms with Crippen molar-refractivity contribution in [1.29, 1.82) is 5.26 Å². The Morgan fingerprint density at radius 2 is 2.00 bits per heavy atom. The van der Waals surface area contributed by atoms with Gasteiger partial charge in [-0.15, -0.1) is 11.3 Å². The third-order valence-corrected chi connectivity index (χ3v) is 8.29. The molecule has 0 bridgehead atoms. The van der Waals surface area contributed by atoms with Crippen molar-refractivity contribution in [2.24, 2.45) is 0 Å². The Hall–Kier alpha value is -2.79. The van der Waals surface area contributed by atoms with Gasteiger partial charge in [0.15, 0.2) is 0 Å². The topological polar surface area (TPSA) is 77.8 Å². The Labute approximate surface area is 197 Å². The normalized spacial score (nSPS) is 18.2. The van der Waals surface area contributed by atoms with E-state index in [0.29, 0.717) is 23.4 Å². The highest BCUT2D eigenvalue weighted by atomic mass is 32.1. The van der Waals surface area contributed by atoms with E-state index in [1.165, 1.54) is 23.4 Å². The lowest BCUT2D eigenvalue weighted by atomic mass is 9.94. The molecule has 0 atom stereocenters. The third-order valence-electron chi connectivity index (χ3n) is 7.16. The third kappa shape index (κ3) is 3.45. The molecule has 7 heteroatoms. The number of benzene rings is 1. The molecule has 168 valence electrons. The van der Waals surface area contributed by atoms with Gasteiger partial charge in [0.05, 0.1) is 41.0 Å². The van der Waals surface area contributed by atoms with Crippen LogP contribution in [0.1, 0.15) is 54.7 Å². The molecule has 0 aliphatic carbocycles. The van der Waals surface area contributed by atoms with Crippen LogP contribution in [0.4, 0.5) is 0 Å². The van der Waals surface area contributed by atoms with Crippen LogP contribution in [0.5, 0.6) is 0 Å². The summed E-state index contributed by atoms with van der Waals surface area (Å²) in [6, 6.07) is 10.8. The molecule has 6 rings (SSSR count). The van der Waals surface area contributed by atoms with Crippen LogP contribution in [0, 0.1) is 11.3 Å². The van der Waals surface area contributed by atoms with Crippen LogP contribution < -0.4 is 0 Å². The molecule has 4 aromatic rings. The second-order valence-corrected chi connectivity index (χ2v) is 10.5. The largest absolute Gasteiger partial charge is 0.378 e. The zero-order chi connectivity index (χ0) is 22.5. The molecule has 1 N–H and O–H groups in total. The summed E-state index contributed by atoms with van der Waals surface area (Å²) in [5.74, 6) is 0.864. The number of H-pyrrole nitrogens is 1. The molecule has 2 aliphatic rings. The number of likely N-dealkylation sites (tertiary alicyclic amines) is 1. The number of thiazole rings is 1. The van der Waals surface area contributed by atoms with Crippen molar-refractivity contribution in [2.45, 2.75) is 44.6 Å². The number of rotatable bonds is 4. The number of nitriles is 1. The zero-order valence-electron chi connectivity index (χ0n) is 19.0. The van der Waals surface area contributed by atoms with E-state index in [9.17, 15) is 5.26 Å². The molecule has 0 saturated carbocycles. The fourth-order valence-corrected chi connectivity index (χ4v) is 6.43. The Kier molecular flexibility index (Phi) is 5.17. The number of fused-ring (bicyclic) bond motifs is 2. The molecular formula is C26H27N5OS. The molecule has 2 fully saturated rings. The number of piperidine rings is 1. The average molecular weight is 458 g/mol. The maximum absolute atomic E-state index is 9.52. The van der Waals surface area contributed by atoms with E-state index in [1.54, 1.807) is 6.20 Å². The first-order valence-corrected chi connectivity index (χ1v) is 12.6. The molecule has 5 heterocycles. The van der Waals surface area contributed by atoms with Crippen molar-refractivity contribution in [1.82, 2.24) is 19.9 Å². The van der Waals surface area contributed by atoms with Crippen LogP contribution in [-0.2, 0) is 4.74 Å². The number of nitrogens with zero attached hydrogens (tertiary/aromatic N) is 4. The Balaban J connectivity index is 1.38. The SMILES string of the molecule is CC(C)c1c(-c2ccc(C#N)c3ncccc23)[nH]c2sc(C3CCN(C4COC4)CC3)nc12. The van der Waals surface area contributed by atoms with E-state index in [0.717, 1.165) is 58.8 Å². The maximum Gasteiger partial charge on any atom is 0.121 e. The summed E-state index contributed by atoms with van der Waals surface area (Å²) in [7, 11) is 0. The predicted molar refractivity (Wildman–Crippen MR) is 132 cm³/mol. The van der Waals surface area contributed by atoms with Crippen LogP contribution in [0.25, 0.3) is 32.5 Å². The van der Waals surface area contributed by atoms with Gasteiger partial charge >= 0.3 is 0 Å². The van der Waals surface area contributed by atoms with Crippen LogP contribution in [0.15, 0.2) is 30.5 Å². The minimum atomic E-state index is 0.325. The molecule has 0 spiro atoms. The standard InChI is InChI=1S/C26H27N5OS/c1-15(2)21-23(20-6-5-17(12-27)22-19(20)4-3-9-28-22)29-26-24(21)30-25(33-26)16-7-10-31(11-8-16)18-13-32-14-18/h3-6,9,15-16,18,29H,7-8,10-11,13-14H2,1-2H3. The van der Waals surface area contributed by atoms with Gasteiger partial charge in [-0.3, -0.25) is 9.88 Å². The van der Waals surface area contributed by atoms with E-state index >= 15 is 0 Å². The van der Waals surface area contributed by atoms with Crippen molar-refractivity contribution in [2.75, 3.05) is 26.3 Å². The van der Waals surface area contributed by atoms with E-state index in [-0.39, 0.29) is 0 Å². The van der Waals surface area contributed by atoms with E-state index in [4.69, 9.17) is 9.72 Å². The molecule has 0 radical (unpaired) electrons. The molecule has 2 saturated heterocycles. The van der Waals surface area contributed by atoms with Crippen molar-refractivity contribution >= 4 is 32.6 Å². The minimum absolute atomic E-state index is 0.325. The van der Waals surface area contributed by atoms with Gasteiger partial charge in [-0.25, -0.2) is 4.98 Å². The van der Waals surface area contributed by atoms with Gasteiger partial charge in [-0.05, 0) is 44.0 Å². The zero-order valence-corrected chi connectivity index (χ0v) is 19.8. The first kappa shape index (κ1) is 20.8. The van der Waals surface area contributed by atoms with Crippen LogP contribution >= 0.6 is 11.3 Å². The highest BCUT2D eigenvalue weighted by Gasteiger charge is 2.32. The lowest BCUT2D eigenvalue weighted by molar-refractivity contribution is -0.0712. The van der Waals surface area contributed by atoms with Gasteiger partial charge in [0.25, 0.3) is 0 Å². The summed E-state index contributed by atoms with van der Waals surface area (Å²) in [6.45, 7) is 8.52. The molecule has 6 nitrogen and oxygen atoms in total. The van der Waals surface area contributed by atoms with E-state index in [2.05, 4.69) is 40.9 Å². The van der Waals surface area contributed by atoms with E-state index in [1.807, 2.05) is 29.5 Å². The maximum atomic E-state index is 9.52. The molecule has 2 aliphatic heterocycles. The smallest absolute Gasteiger partial charge is 0.121 e. The number of pyridine rings is 1. The van der Waals surface area contributed by atoms with Crippen LogP contribution in [0.3, 0.4) is 0 Å². The summed E-state index contributed by atoms with van der Waals surface area (Å²) in [5.41, 5.74) is 5.91. The number of nitrogens with one attached hydrogen (secondary N) is 1. The van der Waals surface area contributed by atoms with Crippen molar-refractivity contribution in [3.63, 3.8) is 0 Å². The quantitative estimate of drug-likeness (QED) is 0.443. The van der Waals surface area contributed by atoms with Gasteiger partial charge in [0.1, 0.15) is 16.4 Å². The van der Waals surface area contributed by atoms with E-state index < -0.39 is 0 Å². The van der Waals surface area contributed by atoms with Gasteiger partial charge < -0.3 is 9.72 Å². The number of hydrogen-bond acceptors (Lipinski definition) is 6. The number of hydrogen-bond donors (Lipinski definition) is 1. The molecule has 0 amide bonds. The lowest BCUT2D eigenvalue weighted by Crippen LogP contribution is -2.51. The fourth-order valence-electron chi connectivity index (χ4n) is 5.28. The van der Waals surface area contributed by atoms with Gasteiger partial charge in [-0.2, -0.15) is 5.26 Å². The van der Waals surface area contributed by atoms with Gasteiger partial charge in [0.2, 0.25) is 0 Å². The summed E-state index contributed by atoms with van der Waals surface area (Å²) in [5, 5.41) is 11.8. The number of aromatic amines is 1. The Bertz CT molecular complexity index is 1370. The highest BCUT2D eigenvalue weighted by molar-refractivity contribution is 7.18. The Morgan fingerprint density at radius 1 is 1.18 bits per heavy atom. The molecule has 3 aromatic heterocycles. The Morgan fingerprint density at radius 3 is 2.70 bits per heavy atom. The van der Waals surface area contributed by atoms with Gasteiger partial charge in [-0.1, -0.05) is 26.0 Å². The number of ether oxygens (including phenoxy) is 1. The highest BCUT2D eigenvalue weighted by Crippen LogP contribution is 2.42. The molecule has 33 heavy (non-hydrogen) atoms. The van der Waals surface area contributed by atoms with Crippen molar-refractivity contribution in [3.8, 4) is 17.3 Å².